The Morgan fingerprint density at radius 3 is 2.44 bits per heavy atom. The van der Waals surface area contributed by atoms with Gasteiger partial charge < -0.3 is 10.6 Å². The molecule has 0 aliphatic heterocycles. The predicted molar refractivity (Wildman–Crippen MR) is 70.1 cm³/mol. The number of carbonyl (C=O) groups excluding carboxylic acids is 1. The smallest absolute Gasteiger partial charge is 0.256 e. The molecule has 0 aliphatic carbocycles. The number of thiophene rings is 1. The van der Waals surface area contributed by atoms with Gasteiger partial charge in [0.05, 0.1) is 10.6 Å². The van der Waals surface area contributed by atoms with Crippen LogP contribution in [-0.4, -0.2) is 24.9 Å². The second kappa shape index (κ2) is 5.34. The molecule has 4 heteroatoms. The van der Waals surface area contributed by atoms with Crippen molar-refractivity contribution in [1.29, 1.82) is 0 Å². The lowest BCUT2D eigenvalue weighted by molar-refractivity contribution is 0.0828. The largest absolute Gasteiger partial charge is 0.390 e. The van der Waals surface area contributed by atoms with Gasteiger partial charge in [-0.05, 0) is 18.4 Å². The number of rotatable bonds is 4. The monoisotopic (exact) mass is 240 g/mol. The van der Waals surface area contributed by atoms with Crippen molar-refractivity contribution in [2.45, 2.75) is 33.1 Å². The van der Waals surface area contributed by atoms with Crippen LogP contribution in [0.15, 0.2) is 0 Å². The number of anilines is 1. The Bertz CT molecular complexity index is 383. The summed E-state index contributed by atoms with van der Waals surface area (Å²) in [5.74, 6) is 0.0249. The van der Waals surface area contributed by atoms with Crippen molar-refractivity contribution in [2.75, 3.05) is 19.8 Å². The Hall–Kier alpha value is -1.03. The van der Waals surface area contributed by atoms with Crippen LogP contribution in [0.5, 0.6) is 0 Å². The van der Waals surface area contributed by atoms with Gasteiger partial charge in [0.15, 0.2) is 0 Å². The summed E-state index contributed by atoms with van der Waals surface area (Å²) in [7, 11) is 3.53. The zero-order chi connectivity index (χ0) is 12.3. The first-order valence-corrected chi connectivity index (χ1v) is 6.46. The molecule has 0 unspecified atom stereocenters. The van der Waals surface area contributed by atoms with E-state index in [-0.39, 0.29) is 5.91 Å². The van der Waals surface area contributed by atoms with Crippen LogP contribution in [0.3, 0.4) is 0 Å². The second-order valence-corrected chi connectivity index (χ2v) is 5.18. The summed E-state index contributed by atoms with van der Waals surface area (Å²) in [5, 5.41) is 0.666. The molecule has 0 fully saturated rings. The molecular formula is C12H20N2OS. The lowest BCUT2D eigenvalue weighted by Crippen LogP contribution is -2.23. The summed E-state index contributed by atoms with van der Waals surface area (Å²) in [6.07, 6.45) is 2.92. The van der Waals surface area contributed by atoms with Crippen LogP contribution in [-0.2, 0) is 12.8 Å². The summed E-state index contributed by atoms with van der Waals surface area (Å²) in [4.78, 5) is 14.9. The topological polar surface area (TPSA) is 46.3 Å². The maximum atomic E-state index is 12.0. The van der Waals surface area contributed by atoms with E-state index in [4.69, 9.17) is 5.73 Å². The van der Waals surface area contributed by atoms with E-state index >= 15 is 0 Å². The number of aryl methyl sites for hydroxylation is 1. The molecule has 0 aliphatic rings. The molecule has 2 N–H and O–H groups in total. The van der Waals surface area contributed by atoms with Crippen LogP contribution in [0.25, 0.3) is 0 Å². The number of carbonyl (C=O) groups is 1. The molecule has 90 valence electrons. The van der Waals surface area contributed by atoms with Crippen molar-refractivity contribution >= 4 is 22.2 Å². The van der Waals surface area contributed by atoms with Crippen molar-refractivity contribution in [1.82, 2.24) is 4.90 Å². The molecule has 0 spiro atoms. The molecule has 0 aromatic carbocycles. The minimum absolute atomic E-state index is 0.0249. The summed E-state index contributed by atoms with van der Waals surface area (Å²) in [6.45, 7) is 4.23. The number of nitrogens with two attached hydrogens (primary N) is 1. The van der Waals surface area contributed by atoms with E-state index in [0.717, 1.165) is 30.4 Å². The van der Waals surface area contributed by atoms with Crippen LogP contribution >= 0.6 is 11.3 Å². The molecule has 1 aromatic heterocycles. The first-order chi connectivity index (χ1) is 7.52. The number of nitrogen functional groups attached to an aromatic ring is 1. The van der Waals surface area contributed by atoms with Gasteiger partial charge in [-0.25, -0.2) is 0 Å². The second-order valence-electron chi connectivity index (χ2n) is 4.05. The van der Waals surface area contributed by atoms with Crippen LogP contribution < -0.4 is 5.73 Å². The highest BCUT2D eigenvalue weighted by atomic mass is 32.1. The van der Waals surface area contributed by atoms with Crippen LogP contribution in [0.2, 0.25) is 0 Å². The SMILES string of the molecule is CCCc1c(CC)sc(N)c1C(=O)N(C)C. The van der Waals surface area contributed by atoms with E-state index in [1.54, 1.807) is 30.3 Å². The third-order valence-corrected chi connectivity index (χ3v) is 3.76. The third-order valence-electron chi connectivity index (χ3n) is 2.56. The van der Waals surface area contributed by atoms with Gasteiger partial charge in [-0.15, -0.1) is 11.3 Å². The van der Waals surface area contributed by atoms with Gasteiger partial charge in [0.2, 0.25) is 0 Å². The van der Waals surface area contributed by atoms with Crippen molar-refractivity contribution in [3.05, 3.63) is 16.0 Å². The molecule has 1 heterocycles. The Labute approximate surface area is 101 Å². The van der Waals surface area contributed by atoms with Crippen molar-refractivity contribution in [2.24, 2.45) is 0 Å². The number of hydrogen-bond donors (Lipinski definition) is 1. The van der Waals surface area contributed by atoms with Gasteiger partial charge in [-0.3, -0.25) is 4.79 Å². The summed E-state index contributed by atoms with van der Waals surface area (Å²) >= 11 is 1.56. The van der Waals surface area contributed by atoms with Crippen LogP contribution in [0.1, 0.15) is 41.1 Å². The average molecular weight is 240 g/mol. The fourth-order valence-corrected chi connectivity index (χ4v) is 2.84. The van der Waals surface area contributed by atoms with Gasteiger partial charge in [0, 0.05) is 19.0 Å². The lowest BCUT2D eigenvalue weighted by atomic mass is 10.0. The van der Waals surface area contributed by atoms with E-state index in [0.29, 0.717) is 5.00 Å². The highest BCUT2D eigenvalue weighted by Crippen LogP contribution is 2.33. The predicted octanol–water partition coefficient (Wildman–Crippen LogP) is 2.55. The summed E-state index contributed by atoms with van der Waals surface area (Å²) in [6, 6.07) is 0. The number of nitrogens with zero attached hydrogens (tertiary/aromatic N) is 1. The van der Waals surface area contributed by atoms with Crippen LogP contribution in [0, 0.1) is 0 Å². The first-order valence-electron chi connectivity index (χ1n) is 5.64. The quantitative estimate of drug-likeness (QED) is 0.879. The highest BCUT2D eigenvalue weighted by Gasteiger charge is 2.21. The van der Waals surface area contributed by atoms with E-state index in [9.17, 15) is 4.79 Å². The minimum atomic E-state index is 0.0249. The molecule has 0 atom stereocenters. The fraction of sp³-hybridized carbons (Fsp3) is 0.583. The Morgan fingerprint density at radius 2 is 2.00 bits per heavy atom. The molecule has 1 aromatic rings. The van der Waals surface area contributed by atoms with Gasteiger partial charge in [0.25, 0.3) is 5.91 Å². The lowest BCUT2D eigenvalue weighted by Gasteiger charge is -2.12. The molecule has 0 saturated carbocycles. The van der Waals surface area contributed by atoms with Crippen molar-refractivity contribution < 1.29 is 4.79 Å². The molecule has 1 amide bonds. The molecule has 0 bridgehead atoms. The van der Waals surface area contributed by atoms with Gasteiger partial charge in [-0.1, -0.05) is 20.3 Å². The Morgan fingerprint density at radius 1 is 1.38 bits per heavy atom. The molecule has 1 rings (SSSR count). The third kappa shape index (κ3) is 2.38. The number of amides is 1. The Kier molecular flexibility index (Phi) is 4.35. The zero-order valence-electron chi connectivity index (χ0n) is 10.5. The molecule has 0 radical (unpaired) electrons. The van der Waals surface area contributed by atoms with Crippen LogP contribution in [0.4, 0.5) is 5.00 Å². The van der Waals surface area contributed by atoms with E-state index in [1.165, 1.54) is 4.88 Å². The Balaban J connectivity index is 3.24. The van der Waals surface area contributed by atoms with Crippen molar-refractivity contribution in [3.63, 3.8) is 0 Å². The average Bonchev–Trinajstić information content (AvgIpc) is 2.54. The number of hydrogen-bond acceptors (Lipinski definition) is 3. The summed E-state index contributed by atoms with van der Waals surface area (Å²) < 4.78 is 0. The van der Waals surface area contributed by atoms with E-state index in [1.807, 2.05) is 0 Å². The van der Waals surface area contributed by atoms with Gasteiger partial charge in [-0.2, -0.15) is 0 Å². The molecular weight excluding hydrogens is 220 g/mol. The molecule has 3 nitrogen and oxygen atoms in total. The molecule has 16 heavy (non-hydrogen) atoms. The molecule has 0 saturated heterocycles. The van der Waals surface area contributed by atoms with Gasteiger partial charge >= 0.3 is 0 Å². The zero-order valence-corrected chi connectivity index (χ0v) is 11.3. The maximum absolute atomic E-state index is 12.0. The standard InChI is InChI=1S/C12H20N2OS/c1-5-7-8-9(6-2)16-11(13)10(8)12(15)14(3)4/h5-7,13H2,1-4H3. The van der Waals surface area contributed by atoms with E-state index < -0.39 is 0 Å². The first kappa shape index (κ1) is 13.0. The normalized spacial score (nSPS) is 10.5. The maximum Gasteiger partial charge on any atom is 0.256 e. The summed E-state index contributed by atoms with van der Waals surface area (Å²) in [5.41, 5.74) is 7.85. The van der Waals surface area contributed by atoms with E-state index in [2.05, 4.69) is 13.8 Å². The highest BCUT2D eigenvalue weighted by molar-refractivity contribution is 7.16. The van der Waals surface area contributed by atoms with Crippen molar-refractivity contribution in [3.8, 4) is 0 Å². The fourth-order valence-electron chi connectivity index (χ4n) is 1.79. The minimum Gasteiger partial charge on any atom is -0.390 e. The van der Waals surface area contributed by atoms with Gasteiger partial charge in [0.1, 0.15) is 0 Å².